The summed E-state index contributed by atoms with van der Waals surface area (Å²) in [6.07, 6.45) is -7.70. The zero-order valence-corrected chi connectivity index (χ0v) is 13.0. The van der Waals surface area contributed by atoms with Crippen molar-refractivity contribution < 1.29 is 26.3 Å². The monoisotopic (exact) mass is 380 g/mol. The van der Waals surface area contributed by atoms with Crippen molar-refractivity contribution in [2.75, 3.05) is 0 Å². The Hall–Kier alpha value is -2.36. The highest BCUT2D eigenvalue weighted by atomic mass is 35.5. The lowest BCUT2D eigenvalue weighted by molar-refractivity contribution is -0.141. The number of aryl methyl sites for hydroxylation is 1. The molecule has 0 unspecified atom stereocenters. The SMILES string of the molecule is Cn1c(-c2ncc(C(F)(F)F)cc2Cl)nc2cc(C(F)(F)F)ncc21. The summed E-state index contributed by atoms with van der Waals surface area (Å²) in [5.74, 6) is 0.0230. The molecule has 25 heavy (non-hydrogen) atoms. The van der Waals surface area contributed by atoms with Gasteiger partial charge in [0.1, 0.15) is 11.4 Å². The molecule has 0 amide bonds. The first kappa shape index (κ1) is 17.5. The highest BCUT2D eigenvalue weighted by molar-refractivity contribution is 6.33. The average molecular weight is 381 g/mol. The first-order valence-corrected chi connectivity index (χ1v) is 6.99. The van der Waals surface area contributed by atoms with Crippen LogP contribution in [0.15, 0.2) is 24.5 Å². The maximum atomic E-state index is 12.7. The maximum Gasteiger partial charge on any atom is 0.433 e. The summed E-state index contributed by atoms with van der Waals surface area (Å²) in [5.41, 5.74) is -2.03. The van der Waals surface area contributed by atoms with Gasteiger partial charge >= 0.3 is 12.4 Å². The Morgan fingerprint density at radius 3 is 2.20 bits per heavy atom. The van der Waals surface area contributed by atoms with E-state index in [0.717, 1.165) is 12.3 Å². The molecule has 0 aromatic carbocycles. The van der Waals surface area contributed by atoms with E-state index in [9.17, 15) is 26.3 Å². The first-order valence-electron chi connectivity index (χ1n) is 6.61. The Morgan fingerprint density at radius 1 is 0.960 bits per heavy atom. The Kier molecular flexibility index (Phi) is 3.90. The van der Waals surface area contributed by atoms with E-state index in [2.05, 4.69) is 15.0 Å². The quantitative estimate of drug-likeness (QED) is 0.574. The summed E-state index contributed by atoms with van der Waals surface area (Å²) in [7, 11) is 1.47. The van der Waals surface area contributed by atoms with Gasteiger partial charge in [-0.25, -0.2) is 9.97 Å². The summed E-state index contributed by atoms with van der Waals surface area (Å²) in [4.78, 5) is 11.0. The van der Waals surface area contributed by atoms with Crippen LogP contribution in [-0.2, 0) is 19.4 Å². The molecule has 3 heterocycles. The molecule has 0 fully saturated rings. The summed E-state index contributed by atoms with van der Waals surface area (Å²) in [6.45, 7) is 0. The van der Waals surface area contributed by atoms with E-state index in [-0.39, 0.29) is 27.6 Å². The predicted molar refractivity (Wildman–Crippen MR) is 76.8 cm³/mol. The molecule has 3 aromatic rings. The maximum absolute atomic E-state index is 12.7. The minimum absolute atomic E-state index is 0.0230. The third kappa shape index (κ3) is 3.13. The number of hydrogen-bond donors (Lipinski definition) is 0. The molecule has 0 spiro atoms. The van der Waals surface area contributed by atoms with E-state index in [1.807, 2.05) is 0 Å². The van der Waals surface area contributed by atoms with Crippen LogP contribution in [0, 0.1) is 0 Å². The summed E-state index contributed by atoms with van der Waals surface area (Å²) in [6, 6.07) is 1.43. The highest BCUT2D eigenvalue weighted by Crippen LogP contribution is 2.35. The summed E-state index contributed by atoms with van der Waals surface area (Å²) < 4.78 is 77.6. The van der Waals surface area contributed by atoms with Crippen molar-refractivity contribution in [2.24, 2.45) is 7.05 Å². The van der Waals surface area contributed by atoms with Gasteiger partial charge in [0.2, 0.25) is 0 Å². The summed E-state index contributed by atoms with van der Waals surface area (Å²) in [5, 5.41) is -0.322. The molecule has 3 aromatic heterocycles. The molecule has 0 N–H and O–H groups in total. The fourth-order valence-electron chi connectivity index (χ4n) is 2.21. The standard InChI is InChI=1S/C14H7ClF6N4/c1-25-9-5-22-10(14(19,20)21)3-8(9)24-12(25)11-7(15)2-6(4-23-11)13(16,17)18/h2-5H,1H3. The molecule has 4 nitrogen and oxygen atoms in total. The van der Waals surface area contributed by atoms with Crippen molar-refractivity contribution in [2.45, 2.75) is 12.4 Å². The van der Waals surface area contributed by atoms with Crippen LogP contribution < -0.4 is 0 Å². The van der Waals surface area contributed by atoms with Crippen LogP contribution in [-0.4, -0.2) is 19.5 Å². The first-order chi connectivity index (χ1) is 11.5. The van der Waals surface area contributed by atoms with Crippen molar-refractivity contribution >= 4 is 22.6 Å². The number of alkyl halides is 6. The second kappa shape index (κ2) is 5.58. The fraction of sp³-hybridized carbons (Fsp3) is 0.214. The van der Waals surface area contributed by atoms with Gasteiger partial charge in [0.25, 0.3) is 0 Å². The second-order valence-electron chi connectivity index (χ2n) is 5.10. The van der Waals surface area contributed by atoms with Crippen LogP contribution in [0.25, 0.3) is 22.6 Å². The number of fused-ring (bicyclic) bond motifs is 1. The molecular formula is C14H7ClF6N4. The van der Waals surface area contributed by atoms with Gasteiger partial charge in [-0.15, -0.1) is 0 Å². The van der Waals surface area contributed by atoms with Gasteiger partial charge in [0, 0.05) is 13.2 Å². The van der Waals surface area contributed by atoms with Gasteiger partial charge in [0.05, 0.1) is 27.8 Å². The molecule has 0 aliphatic heterocycles. The molecule has 0 aliphatic rings. The van der Waals surface area contributed by atoms with Gasteiger partial charge in [-0.1, -0.05) is 11.6 Å². The molecule has 0 atom stereocenters. The molecule has 0 saturated carbocycles. The van der Waals surface area contributed by atoms with Crippen LogP contribution in [0.5, 0.6) is 0 Å². The number of imidazole rings is 1. The molecule has 11 heteroatoms. The van der Waals surface area contributed by atoms with Crippen LogP contribution in [0.4, 0.5) is 26.3 Å². The van der Waals surface area contributed by atoms with Gasteiger partial charge < -0.3 is 4.57 Å². The van der Waals surface area contributed by atoms with Crippen molar-refractivity contribution in [1.29, 1.82) is 0 Å². The molecular weight excluding hydrogens is 374 g/mol. The van der Waals surface area contributed by atoms with E-state index in [0.29, 0.717) is 12.3 Å². The molecule has 0 bridgehead atoms. The van der Waals surface area contributed by atoms with Crippen LogP contribution in [0.3, 0.4) is 0 Å². The lowest BCUT2D eigenvalue weighted by Gasteiger charge is -2.09. The highest BCUT2D eigenvalue weighted by Gasteiger charge is 2.34. The number of hydrogen-bond acceptors (Lipinski definition) is 3. The van der Waals surface area contributed by atoms with Crippen molar-refractivity contribution in [3.8, 4) is 11.5 Å². The number of aromatic nitrogens is 4. The minimum atomic E-state index is -4.64. The Balaban J connectivity index is 2.15. The van der Waals surface area contributed by atoms with Gasteiger partial charge in [-0.2, -0.15) is 26.3 Å². The zero-order valence-electron chi connectivity index (χ0n) is 12.2. The van der Waals surface area contributed by atoms with E-state index in [4.69, 9.17) is 11.6 Å². The van der Waals surface area contributed by atoms with E-state index >= 15 is 0 Å². The number of halogens is 7. The van der Waals surface area contributed by atoms with Crippen LogP contribution in [0.2, 0.25) is 5.02 Å². The van der Waals surface area contributed by atoms with Crippen LogP contribution in [0.1, 0.15) is 11.3 Å². The van der Waals surface area contributed by atoms with E-state index < -0.39 is 23.6 Å². The smallest absolute Gasteiger partial charge is 0.324 e. The van der Waals surface area contributed by atoms with Crippen LogP contribution >= 0.6 is 11.6 Å². The molecule has 3 rings (SSSR count). The van der Waals surface area contributed by atoms with E-state index in [1.165, 1.54) is 11.6 Å². The minimum Gasteiger partial charge on any atom is -0.324 e. The van der Waals surface area contributed by atoms with Gasteiger partial charge in [-0.3, -0.25) is 4.98 Å². The summed E-state index contributed by atoms with van der Waals surface area (Å²) >= 11 is 5.86. The number of nitrogens with zero attached hydrogens (tertiary/aromatic N) is 4. The van der Waals surface area contributed by atoms with E-state index in [1.54, 1.807) is 0 Å². The van der Waals surface area contributed by atoms with Crippen molar-refractivity contribution in [3.05, 3.63) is 40.8 Å². The predicted octanol–water partition coefficient (Wildman–Crippen LogP) is 4.72. The Bertz CT molecular complexity index is 960. The number of rotatable bonds is 1. The Morgan fingerprint density at radius 2 is 1.64 bits per heavy atom. The molecule has 0 aliphatic carbocycles. The number of pyridine rings is 2. The normalized spacial score (nSPS) is 12.8. The van der Waals surface area contributed by atoms with Gasteiger partial charge in [-0.05, 0) is 12.1 Å². The molecule has 0 saturated heterocycles. The lowest BCUT2D eigenvalue weighted by atomic mass is 10.2. The topological polar surface area (TPSA) is 43.6 Å². The molecule has 0 radical (unpaired) electrons. The zero-order chi connectivity index (χ0) is 18.6. The Labute approximate surface area is 141 Å². The average Bonchev–Trinajstić information content (AvgIpc) is 2.82. The third-order valence-electron chi connectivity index (χ3n) is 3.44. The van der Waals surface area contributed by atoms with Gasteiger partial charge in [0.15, 0.2) is 5.82 Å². The molecule has 132 valence electrons. The van der Waals surface area contributed by atoms with Crippen molar-refractivity contribution in [3.63, 3.8) is 0 Å². The fourth-order valence-corrected chi connectivity index (χ4v) is 2.46. The largest absolute Gasteiger partial charge is 0.433 e. The lowest BCUT2D eigenvalue weighted by Crippen LogP contribution is -2.07. The van der Waals surface area contributed by atoms with Crippen molar-refractivity contribution in [1.82, 2.24) is 19.5 Å². The third-order valence-corrected chi connectivity index (χ3v) is 3.73. The second-order valence-corrected chi connectivity index (χ2v) is 5.51.